The Bertz CT molecular complexity index is 846. The standard InChI is InChI=1S/C22H27ClN2O3/c1-14-10-15(2)22(18(23)11-14)24-21(26)13-25-9-5-6-19(25)17-8-7-16(27-3)12-20(17)28-4/h7-8,10-12,19H,5-6,9,13H2,1-4H3,(H,24,26)/t19-/m0/s1. The van der Waals surface area contributed by atoms with Crippen LogP contribution >= 0.6 is 11.6 Å². The van der Waals surface area contributed by atoms with Crippen LogP contribution < -0.4 is 14.8 Å². The average Bonchev–Trinajstić information content (AvgIpc) is 3.11. The molecule has 0 radical (unpaired) electrons. The normalized spacial score (nSPS) is 16.8. The Morgan fingerprint density at radius 3 is 2.68 bits per heavy atom. The molecule has 1 aliphatic heterocycles. The summed E-state index contributed by atoms with van der Waals surface area (Å²) in [4.78, 5) is 14.9. The van der Waals surface area contributed by atoms with Crippen molar-refractivity contribution in [3.8, 4) is 11.5 Å². The first-order chi connectivity index (χ1) is 13.4. The van der Waals surface area contributed by atoms with Crippen LogP contribution in [0.5, 0.6) is 11.5 Å². The van der Waals surface area contributed by atoms with Gasteiger partial charge in [0, 0.05) is 17.7 Å². The lowest BCUT2D eigenvalue weighted by Gasteiger charge is -2.26. The number of rotatable bonds is 6. The number of halogens is 1. The van der Waals surface area contributed by atoms with Crippen molar-refractivity contribution in [2.24, 2.45) is 0 Å². The third-order valence-electron chi connectivity index (χ3n) is 5.21. The van der Waals surface area contributed by atoms with Gasteiger partial charge in [0.05, 0.1) is 31.5 Å². The van der Waals surface area contributed by atoms with E-state index in [1.165, 1.54) is 0 Å². The van der Waals surface area contributed by atoms with E-state index in [0.717, 1.165) is 47.6 Å². The van der Waals surface area contributed by atoms with Crippen LogP contribution in [0.3, 0.4) is 0 Å². The Morgan fingerprint density at radius 1 is 1.21 bits per heavy atom. The minimum absolute atomic E-state index is 0.0618. The van der Waals surface area contributed by atoms with Crippen molar-refractivity contribution in [2.45, 2.75) is 32.7 Å². The van der Waals surface area contributed by atoms with Crippen LogP contribution in [0.15, 0.2) is 30.3 Å². The van der Waals surface area contributed by atoms with Gasteiger partial charge in [0.2, 0.25) is 5.91 Å². The molecule has 0 unspecified atom stereocenters. The number of anilines is 1. The van der Waals surface area contributed by atoms with Gasteiger partial charge in [-0.25, -0.2) is 0 Å². The molecule has 1 amide bonds. The smallest absolute Gasteiger partial charge is 0.238 e. The molecule has 0 aliphatic carbocycles. The van der Waals surface area contributed by atoms with Crippen LogP contribution in [0, 0.1) is 13.8 Å². The minimum atomic E-state index is -0.0618. The molecule has 1 fully saturated rings. The average molecular weight is 403 g/mol. The highest BCUT2D eigenvalue weighted by Crippen LogP contribution is 2.38. The predicted octanol–water partition coefficient (Wildman–Crippen LogP) is 4.75. The molecule has 0 aromatic heterocycles. The van der Waals surface area contributed by atoms with E-state index in [9.17, 15) is 4.79 Å². The Kier molecular flexibility index (Phi) is 6.47. The second-order valence-electron chi connectivity index (χ2n) is 7.22. The highest BCUT2D eigenvalue weighted by atomic mass is 35.5. The van der Waals surface area contributed by atoms with E-state index >= 15 is 0 Å². The zero-order chi connectivity index (χ0) is 20.3. The largest absolute Gasteiger partial charge is 0.497 e. The first kappa shape index (κ1) is 20.5. The molecule has 2 aromatic carbocycles. The minimum Gasteiger partial charge on any atom is -0.497 e. The summed E-state index contributed by atoms with van der Waals surface area (Å²) >= 11 is 6.33. The van der Waals surface area contributed by atoms with Crippen LogP contribution in [0.1, 0.15) is 35.6 Å². The van der Waals surface area contributed by atoms with E-state index in [1.807, 2.05) is 44.2 Å². The van der Waals surface area contributed by atoms with Crippen LogP contribution in [-0.2, 0) is 4.79 Å². The summed E-state index contributed by atoms with van der Waals surface area (Å²) in [5.74, 6) is 1.48. The quantitative estimate of drug-likeness (QED) is 0.757. The summed E-state index contributed by atoms with van der Waals surface area (Å²) in [5, 5.41) is 3.56. The SMILES string of the molecule is COc1ccc([C@@H]2CCCN2CC(=O)Nc2c(C)cc(C)cc2Cl)c(OC)c1. The van der Waals surface area contributed by atoms with Gasteiger partial charge < -0.3 is 14.8 Å². The molecule has 28 heavy (non-hydrogen) atoms. The predicted molar refractivity (Wildman–Crippen MR) is 113 cm³/mol. The summed E-state index contributed by atoms with van der Waals surface area (Å²) in [6.45, 7) is 5.12. The summed E-state index contributed by atoms with van der Waals surface area (Å²) in [6, 6.07) is 9.87. The Hall–Kier alpha value is -2.24. The lowest BCUT2D eigenvalue weighted by molar-refractivity contribution is -0.117. The van der Waals surface area contributed by atoms with Gasteiger partial charge >= 0.3 is 0 Å². The van der Waals surface area contributed by atoms with Crippen molar-refractivity contribution in [3.63, 3.8) is 0 Å². The van der Waals surface area contributed by atoms with E-state index in [-0.39, 0.29) is 11.9 Å². The number of hydrogen-bond donors (Lipinski definition) is 1. The summed E-state index contributed by atoms with van der Waals surface area (Å²) in [7, 11) is 3.30. The second kappa shape index (κ2) is 8.84. The number of likely N-dealkylation sites (tertiary alicyclic amines) is 1. The molecule has 0 spiro atoms. The molecule has 1 N–H and O–H groups in total. The lowest BCUT2D eigenvalue weighted by atomic mass is 10.0. The van der Waals surface area contributed by atoms with Crippen molar-refractivity contribution < 1.29 is 14.3 Å². The maximum Gasteiger partial charge on any atom is 0.238 e. The van der Waals surface area contributed by atoms with Crippen LogP contribution in [0.4, 0.5) is 5.69 Å². The van der Waals surface area contributed by atoms with E-state index in [0.29, 0.717) is 17.3 Å². The monoisotopic (exact) mass is 402 g/mol. The van der Waals surface area contributed by atoms with Gasteiger partial charge in [0.1, 0.15) is 11.5 Å². The molecule has 1 atom stereocenters. The maximum atomic E-state index is 12.7. The van der Waals surface area contributed by atoms with Crippen LogP contribution in [-0.4, -0.2) is 38.1 Å². The van der Waals surface area contributed by atoms with Gasteiger partial charge in [-0.3, -0.25) is 9.69 Å². The molecule has 1 heterocycles. The highest BCUT2D eigenvalue weighted by Gasteiger charge is 2.30. The molecular formula is C22H27ClN2O3. The third kappa shape index (κ3) is 4.42. The zero-order valence-corrected chi connectivity index (χ0v) is 17.6. The molecule has 3 rings (SSSR count). The van der Waals surface area contributed by atoms with Crippen molar-refractivity contribution in [3.05, 3.63) is 52.0 Å². The fourth-order valence-corrected chi connectivity index (χ4v) is 4.27. The molecule has 0 saturated carbocycles. The second-order valence-corrected chi connectivity index (χ2v) is 7.63. The number of ether oxygens (including phenoxy) is 2. The molecule has 0 bridgehead atoms. The number of benzene rings is 2. The Labute approximate surface area is 171 Å². The van der Waals surface area contributed by atoms with Crippen molar-refractivity contribution in [1.82, 2.24) is 4.90 Å². The number of carbonyl (C=O) groups excluding carboxylic acids is 1. The molecular weight excluding hydrogens is 376 g/mol. The number of amides is 1. The van der Waals surface area contributed by atoms with Crippen molar-refractivity contribution in [1.29, 1.82) is 0 Å². The van der Waals surface area contributed by atoms with E-state index in [2.05, 4.69) is 10.2 Å². The van der Waals surface area contributed by atoms with Crippen LogP contribution in [0.2, 0.25) is 5.02 Å². The zero-order valence-electron chi connectivity index (χ0n) is 16.8. The van der Waals surface area contributed by atoms with Gasteiger partial charge in [-0.05, 0) is 56.5 Å². The Balaban J connectivity index is 1.75. The number of carbonyl (C=O) groups is 1. The van der Waals surface area contributed by atoms with E-state index < -0.39 is 0 Å². The third-order valence-corrected chi connectivity index (χ3v) is 5.50. The van der Waals surface area contributed by atoms with Gasteiger partial charge in [-0.15, -0.1) is 0 Å². The summed E-state index contributed by atoms with van der Waals surface area (Å²) in [5.41, 5.74) is 3.81. The number of nitrogens with one attached hydrogen (secondary N) is 1. The maximum absolute atomic E-state index is 12.7. The van der Waals surface area contributed by atoms with Gasteiger partial charge in [0.15, 0.2) is 0 Å². The van der Waals surface area contributed by atoms with Gasteiger partial charge in [-0.1, -0.05) is 23.7 Å². The molecule has 2 aromatic rings. The summed E-state index contributed by atoms with van der Waals surface area (Å²) in [6.07, 6.45) is 2.03. The first-order valence-corrected chi connectivity index (χ1v) is 9.83. The van der Waals surface area contributed by atoms with E-state index in [4.69, 9.17) is 21.1 Å². The topological polar surface area (TPSA) is 50.8 Å². The Morgan fingerprint density at radius 2 is 2.00 bits per heavy atom. The summed E-state index contributed by atoms with van der Waals surface area (Å²) < 4.78 is 10.9. The fourth-order valence-electron chi connectivity index (χ4n) is 3.90. The fraction of sp³-hybridized carbons (Fsp3) is 0.409. The van der Waals surface area contributed by atoms with E-state index in [1.54, 1.807) is 14.2 Å². The van der Waals surface area contributed by atoms with Gasteiger partial charge in [-0.2, -0.15) is 0 Å². The van der Waals surface area contributed by atoms with Gasteiger partial charge in [0.25, 0.3) is 0 Å². The first-order valence-electron chi connectivity index (χ1n) is 9.45. The number of aryl methyl sites for hydroxylation is 2. The molecule has 1 saturated heterocycles. The number of hydrogen-bond acceptors (Lipinski definition) is 4. The lowest BCUT2D eigenvalue weighted by Crippen LogP contribution is -2.33. The van der Waals surface area contributed by atoms with Crippen LogP contribution in [0.25, 0.3) is 0 Å². The number of methoxy groups -OCH3 is 2. The highest BCUT2D eigenvalue weighted by molar-refractivity contribution is 6.34. The molecule has 1 aliphatic rings. The molecule has 5 nitrogen and oxygen atoms in total. The van der Waals surface area contributed by atoms with Crippen molar-refractivity contribution in [2.75, 3.05) is 32.6 Å². The van der Waals surface area contributed by atoms with Crippen molar-refractivity contribution >= 4 is 23.2 Å². The molecule has 150 valence electrons. The number of nitrogens with zero attached hydrogens (tertiary/aromatic N) is 1. The molecule has 6 heteroatoms.